The van der Waals surface area contributed by atoms with Crippen molar-refractivity contribution in [1.29, 1.82) is 0 Å². The maximum atomic E-state index is 11.9. The summed E-state index contributed by atoms with van der Waals surface area (Å²) in [5, 5.41) is 10.6. The summed E-state index contributed by atoms with van der Waals surface area (Å²) in [6.07, 6.45) is 5.29. The Morgan fingerprint density at radius 3 is 2.55 bits per heavy atom. The molecular formula is C23H27N5O2S. The smallest absolute Gasteiger partial charge is 0.339 e. The fourth-order valence-electron chi connectivity index (χ4n) is 3.78. The number of carbonyl (C=O) groups excluding carboxylic acids is 1. The molecule has 0 amide bonds. The third kappa shape index (κ3) is 4.97. The lowest BCUT2D eigenvalue weighted by Crippen LogP contribution is -2.33. The monoisotopic (exact) mass is 437 g/mol. The lowest BCUT2D eigenvalue weighted by molar-refractivity contribution is 0.0525. The van der Waals surface area contributed by atoms with Crippen molar-refractivity contribution in [3.8, 4) is 5.69 Å². The average molecular weight is 438 g/mol. The summed E-state index contributed by atoms with van der Waals surface area (Å²) < 4.78 is 7.15. The quantitative estimate of drug-likeness (QED) is 0.503. The molecule has 8 heteroatoms. The zero-order chi connectivity index (χ0) is 21.6. The van der Waals surface area contributed by atoms with Gasteiger partial charge in [-0.15, -0.1) is 10.2 Å². The van der Waals surface area contributed by atoms with E-state index < -0.39 is 0 Å². The van der Waals surface area contributed by atoms with Crippen LogP contribution in [0.15, 0.2) is 58.8 Å². The molecule has 162 valence electrons. The van der Waals surface area contributed by atoms with Gasteiger partial charge in [0.15, 0.2) is 5.82 Å². The highest BCUT2D eigenvalue weighted by molar-refractivity contribution is 7.99. The fraction of sp³-hybridized carbons (Fsp3) is 0.391. The van der Waals surface area contributed by atoms with E-state index in [9.17, 15) is 4.79 Å². The molecule has 1 fully saturated rings. The number of benzene rings is 1. The van der Waals surface area contributed by atoms with Crippen molar-refractivity contribution in [3.63, 3.8) is 0 Å². The van der Waals surface area contributed by atoms with Gasteiger partial charge in [-0.3, -0.25) is 9.47 Å². The first-order valence-electron chi connectivity index (χ1n) is 10.7. The van der Waals surface area contributed by atoms with E-state index in [1.54, 1.807) is 19.2 Å². The minimum atomic E-state index is -0.364. The van der Waals surface area contributed by atoms with Crippen LogP contribution in [0.2, 0.25) is 0 Å². The second-order valence-corrected chi connectivity index (χ2v) is 8.48. The van der Waals surface area contributed by atoms with Crippen LogP contribution in [0.1, 0.15) is 55.3 Å². The van der Waals surface area contributed by atoms with E-state index in [1.807, 2.05) is 24.3 Å². The Balaban J connectivity index is 1.63. The van der Waals surface area contributed by atoms with Crippen LogP contribution < -0.4 is 0 Å². The molecule has 3 heterocycles. The summed E-state index contributed by atoms with van der Waals surface area (Å²) in [5.41, 5.74) is 1.46. The number of likely N-dealkylation sites (tertiary alicyclic amines) is 1. The number of esters is 1. The van der Waals surface area contributed by atoms with Crippen LogP contribution >= 0.6 is 11.8 Å². The number of piperidine rings is 1. The predicted octanol–water partition coefficient (Wildman–Crippen LogP) is 4.54. The van der Waals surface area contributed by atoms with Crippen LogP contribution in [-0.2, 0) is 4.74 Å². The van der Waals surface area contributed by atoms with Crippen LogP contribution in [-0.4, -0.2) is 50.3 Å². The third-order valence-electron chi connectivity index (χ3n) is 5.43. The number of para-hydroxylation sites is 1. The summed E-state index contributed by atoms with van der Waals surface area (Å²) >= 11 is 1.44. The summed E-state index contributed by atoms with van der Waals surface area (Å²) in [6, 6.07) is 13.9. The molecule has 0 spiro atoms. The topological polar surface area (TPSA) is 73.1 Å². The normalized spacial score (nSPS) is 15.5. The van der Waals surface area contributed by atoms with E-state index in [1.165, 1.54) is 31.0 Å². The van der Waals surface area contributed by atoms with E-state index >= 15 is 0 Å². The van der Waals surface area contributed by atoms with Gasteiger partial charge in [0, 0.05) is 11.9 Å². The van der Waals surface area contributed by atoms with Gasteiger partial charge in [-0.1, -0.05) is 24.6 Å². The number of rotatable bonds is 7. The SMILES string of the molecule is CCOC(=O)c1ccc(Sc2nnc(C(C)N3CCCCC3)n2-c2ccccc2)nc1. The van der Waals surface area contributed by atoms with Crippen LogP contribution in [0.3, 0.4) is 0 Å². The van der Waals surface area contributed by atoms with Gasteiger partial charge < -0.3 is 4.74 Å². The summed E-state index contributed by atoms with van der Waals surface area (Å²) in [4.78, 5) is 18.8. The molecule has 0 radical (unpaired) electrons. The Bertz CT molecular complexity index is 1000. The van der Waals surface area contributed by atoms with Crippen LogP contribution in [0, 0.1) is 0 Å². The summed E-state index contributed by atoms with van der Waals surface area (Å²) in [6.45, 7) is 6.50. The average Bonchev–Trinajstić information content (AvgIpc) is 3.23. The van der Waals surface area contributed by atoms with E-state index in [-0.39, 0.29) is 12.0 Å². The predicted molar refractivity (Wildman–Crippen MR) is 120 cm³/mol. The lowest BCUT2D eigenvalue weighted by atomic mass is 10.1. The third-order valence-corrected chi connectivity index (χ3v) is 6.33. The minimum absolute atomic E-state index is 0.168. The number of ether oxygens (including phenoxy) is 1. The zero-order valence-electron chi connectivity index (χ0n) is 17.9. The maximum Gasteiger partial charge on any atom is 0.339 e. The second-order valence-electron chi connectivity index (χ2n) is 7.49. The number of nitrogens with zero attached hydrogens (tertiary/aromatic N) is 5. The van der Waals surface area contributed by atoms with Gasteiger partial charge in [0.05, 0.1) is 18.2 Å². The van der Waals surface area contributed by atoms with E-state index in [4.69, 9.17) is 4.74 Å². The molecule has 3 aromatic rings. The van der Waals surface area contributed by atoms with Gasteiger partial charge in [0.1, 0.15) is 5.03 Å². The van der Waals surface area contributed by atoms with Gasteiger partial charge in [0.2, 0.25) is 5.16 Å². The van der Waals surface area contributed by atoms with Crippen molar-refractivity contribution in [1.82, 2.24) is 24.6 Å². The largest absolute Gasteiger partial charge is 0.462 e. The van der Waals surface area contributed by atoms with Gasteiger partial charge in [-0.05, 0) is 75.8 Å². The van der Waals surface area contributed by atoms with Gasteiger partial charge in [-0.25, -0.2) is 9.78 Å². The van der Waals surface area contributed by atoms with Gasteiger partial charge in [-0.2, -0.15) is 0 Å². The van der Waals surface area contributed by atoms with Crippen LogP contribution in [0.5, 0.6) is 0 Å². The standard InChI is InChI=1S/C23H27N5O2S/c1-3-30-22(29)18-12-13-20(24-16-18)31-23-26-25-21(17(2)27-14-8-5-9-15-27)28(23)19-10-6-4-7-11-19/h4,6-7,10-13,16-17H,3,5,8-9,14-15H2,1-2H3. The van der Waals surface area contributed by atoms with Crippen molar-refractivity contribution in [2.24, 2.45) is 0 Å². The molecule has 1 aliphatic rings. The van der Waals surface area contributed by atoms with Gasteiger partial charge in [0.25, 0.3) is 0 Å². The van der Waals surface area contributed by atoms with Crippen molar-refractivity contribution in [3.05, 3.63) is 60.0 Å². The Labute approximate surface area is 186 Å². The first kappa shape index (κ1) is 21.5. The van der Waals surface area contributed by atoms with Crippen molar-refractivity contribution in [2.75, 3.05) is 19.7 Å². The molecule has 2 aromatic heterocycles. The fourth-order valence-corrected chi connectivity index (χ4v) is 4.58. The Morgan fingerprint density at radius 2 is 1.87 bits per heavy atom. The van der Waals surface area contributed by atoms with Crippen molar-refractivity contribution >= 4 is 17.7 Å². The number of carbonyl (C=O) groups is 1. The first-order chi connectivity index (χ1) is 15.2. The molecule has 1 aliphatic heterocycles. The molecule has 1 aromatic carbocycles. The molecular weight excluding hydrogens is 410 g/mol. The summed E-state index contributed by atoms with van der Waals surface area (Å²) in [5.74, 6) is 0.565. The first-order valence-corrected chi connectivity index (χ1v) is 11.5. The second kappa shape index (κ2) is 10.1. The number of hydrogen-bond donors (Lipinski definition) is 0. The highest BCUT2D eigenvalue weighted by Crippen LogP contribution is 2.32. The molecule has 4 rings (SSSR count). The molecule has 1 saturated heterocycles. The van der Waals surface area contributed by atoms with Crippen LogP contribution in [0.4, 0.5) is 0 Å². The van der Waals surface area contributed by atoms with E-state index in [0.717, 1.165) is 34.8 Å². The number of hydrogen-bond acceptors (Lipinski definition) is 7. The summed E-state index contributed by atoms with van der Waals surface area (Å²) in [7, 11) is 0. The number of pyridine rings is 1. The van der Waals surface area contributed by atoms with Crippen molar-refractivity contribution in [2.45, 2.75) is 49.3 Å². The van der Waals surface area contributed by atoms with E-state index in [2.05, 4.69) is 43.7 Å². The van der Waals surface area contributed by atoms with Crippen LogP contribution in [0.25, 0.3) is 5.69 Å². The van der Waals surface area contributed by atoms with Crippen molar-refractivity contribution < 1.29 is 9.53 Å². The molecule has 31 heavy (non-hydrogen) atoms. The minimum Gasteiger partial charge on any atom is -0.462 e. The molecule has 7 nitrogen and oxygen atoms in total. The lowest BCUT2D eigenvalue weighted by Gasteiger charge is -2.31. The number of aromatic nitrogens is 4. The molecule has 0 saturated carbocycles. The Kier molecular flexibility index (Phi) is 6.99. The molecule has 0 bridgehead atoms. The molecule has 0 N–H and O–H groups in total. The highest BCUT2D eigenvalue weighted by Gasteiger charge is 2.25. The maximum absolute atomic E-state index is 11.9. The Morgan fingerprint density at radius 1 is 1.10 bits per heavy atom. The molecule has 1 unspecified atom stereocenters. The molecule has 0 aliphatic carbocycles. The zero-order valence-corrected chi connectivity index (χ0v) is 18.7. The molecule has 1 atom stereocenters. The van der Waals surface area contributed by atoms with E-state index in [0.29, 0.717) is 12.2 Å². The van der Waals surface area contributed by atoms with Gasteiger partial charge >= 0.3 is 5.97 Å². The highest BCUT2D eigenvalue weighted by atomic mass is 32.2. The Hall–Kier alpha value is -2.71.